The second kappa shape index (κ2) is 5.28. The van der Waals surface area contributed by atoms with E-state index in [1.807, 2.05) is 0 Å². The number of nitrogens with two attached hydrogens (primary N) is 1. The van der Waals surface area contributed by atoms with Crippen LogP contribution in [0, 0.1) is 5.92 Å². The lowest BCUT2D eigenvalue weighted by Gasteiger charge is -2.47. The Hall–Kier alpha value is 0.270. The van der Waals surface area contributed by atoms with Gasteiger partial charge in [-0.15, -0.1) is 0 Å². The van der Waals surface area contributed by atoms with Crippen LogP contribution >= 0.6 is 11.8 Å². The van der Waals surface area contributed by atoms with Gasteiger partial charge in [0.2, 0.25) is 0 Å². The molecule has 0 radical (unpaired) electrons. The molecule has 0 aromatic heterocycles. The summed E-state index contributed by atoms with van der Waals surface area (Å²) in [5.74, 6) is 3.51. The molecule has 16 heavy (non-hydrogen) atoms. The lowest BCUT2D eigenvalue weighted by molar-refractivity contribution is 0.0682. The molecule has 2 N–H and O–H groups in total. The van der Waals surface area contributed by atoms with Crippen LogP contribution in [0.4, 0.5) is 0 Å². The third-order valence-corrected chi connectivity index (χ3v) is 5.81. The first-order valence-electron chi connectivity index (χ1n) is 6.76. The third kappa shape index (κ3) is 2.27. The summed E-state index contributed by atoms with van der Waals surface area (Å²) in [5, 5.41) is 0. The van der Waals surface area contributed by atoms with E-state index in [1.54, 1.807) is 0 Å². The van der Waals surface area contributed by atoms with Crippen LogP contribution in [0.5, 0.6) is 0 Å². The van der Waals surface area contributed by atoms with Crippen molar-refractivity contribution in [2.24, 2.45) is 11.7 Å². The number of nitrogens with zero attached hydrogens (tertiary/aromatic N) is 1. The van der Waals surface area contributed by atoms with Crippen LogP contribution < -0.4 is 5.73 Å². The molecule has 0 bridgehead atoms. The van der Waals surface area contributed by atoms with Crippen molar-refractivity contribution in [2.45, 2.75) is 51.1 Å². The maximum atomic E-state index is 6.13. The highest BCUT2D eigenvalue weighted by Gasteiger charge is 2.44. The van der Waals surface area contributed by atoms with E-state index in [0.29, 0.717) is 5.54 Å². The predicted octanol–water partition coefficient (Wildman–Crippen LogP) is 2.33. The van der Waals surface area contributed by atoms with Gasteiger partial charge >= 0.3 is 0 Å². The maximum Gasteiger partial charge on any atom is 0.0337 e. The zero-order chi connectivity index (χ0) is 11.6. The van der Waals surface area contributed by atoms with Crippen molar-refractivity contribution in [1.29, 1.82) is 0 Å². The molecule has 3 heteroatoms. The Labute approximate surface area is 104 Å². The molecule has 0 aromatic rings. The van der Waals surface area contributed by atoms with Gasteiger partial charge in [0, 0.05) is 36.2 Å². The van der Waals surface area contributed by atoms with Crippen LogP contribution in [-0.2, 0) is 0 Å². The Balaban J connectivity index is 2.08. The third-order valence-electron chi connectivity index (χ3n) is 4.62. The van der Waals surface area contributed by atoms with Crippen LogP contribution in [0.15, 0.2) is 0 Å². The second-order valence-corrected chi connectivity index (χ2v) is 6.71. The first-order chi connectivity index (χ1) is 7.72. The molecule has 1 aliphatic heterocycles. The lowest BCUT2D eigenvalue weighted by atomic mass is 9.91. The minimum atomic E-state index is 0.348. The molecule has 2 aliphatic rings. The van der Waals surface area contributed by atoms with Crippen LogP contribution in [0.1, 0.15) is 39.5 Å². The molecule has 0 amide bonds. The largest absolute Gasteiger partial charge is 0.329 e. The molecular formula is C13H26N2S. The average Bonchev–Trinajstić information content (AvgIpc) is 2.74. The molecule has 0 spiro atoms. The monoisotopic (exact) mass is 242 g/mol. The highest BCUT2D eigenvalue weighted by atomic mass is 32.2. The Morgan fingerprint density at radius 3 is 2.88 bits per heavy atom. The Bertz CT molecular complexity index is 234. The van der Waals surface area contributed by atoms with Gasteiger partial charge in [-0.25, -0.2) is 0 Å². The van der Waals surface area contributed by atoms with E-state index >= 15 is 0 Å². The summed E-state index contributed by atoms with van der Waals surface area (Å²) in [5.41, 5.74) is 6.48. The van der Waals surface area contributed by atoms with E-state index in [0.717, 1.165) is 18.5 Å². The van der Waals surface area contributed by atoms with Gasteiger partial charge < -0.3 is 5.73 Å². The lowest BCUT2D eigenvalue weighted by Crippen LogP contribution is -2.58. The van der Waals surface area contributed by atoms with Gasteiger partial charge in [0.05, 0.1) is 0 Å². The molecule has 1 aliphatic carbocycles. The topological polar surface area (TPSA) is 29.3 Å². The van der Waals surface area contributed by atoms with Crippen molar-refractivity contribution in [3.05, 3.63) is 0 Å². The zero-order valence-electron chi connectivity index (χ0n) is 10.7. The fourth-order valence-corrected chi connectivity index (χ4v) is 4.57. The highest BCUT2D eigenvalue weighted by Crippen LogP contribution is 2.42. The van der Waals surface area contributed by atoms with E-state index in [4.69, 9.17) is 5.73 Å². The predicted molar refractivity (Wildman–Crippen MR) is 72.9 cm³/mol. The standard InChI is InChI=1S/C13H26N2S/c1-3-12-4-5-13(8-12,10-14)15-6-7-16-9-11(15)2/h11-12H,3-10,14H2,1-2H3. The van der Waals surface area contributed by atoms with Crippen LogP contribution in [0.3, 0.4) is 0 Å². The Morgan fingerprint density at radius 1 is 1.50 bits per heavy atom. The van der Waals surface area contributed by atoms with Crippen LogP contribution in [0.25, 0.3) is 0 Å². The molecule has 0 aromatic carbocycles. The number of thioether (sulfide) groups is 1. The van der Waals surface area contributed by atoms with Crippen LogP contribution in [-0.4, -0.2) is 41.1 Å². The quantitative estimate of drug-likeness (QED) is 0.823. The normalized spacial score (nSPS) is 41.4. The SMILES string of the molecule is CCC1CCC(CN)(N2CCSCC2C)C1. The molecule has 94 valence electrons. The molecule has 1 saturated heterocycles. The van der Waals surface area contributed by atoms with Crippen molar-refractivity contribution < 1.29 is 0 Å². The maximum absolute atomic E-state index is 6.13. The summed E-state index contributed by atoms with van der Waals surface area (Å²) >= 11 is 2.10. The average molecular weight is 242 g/mol. The van der Waals surface area contributed by atoms with Crippen molar-refractivity contribution >= 4 is 11.8 Å². The van der Waals surface area contributed by atoms with E-state index in [-0.39, 0.29) is 0 Å². The molecule has 3 atom stereocenters. The van der Waals surface area contributed by atoms with E-state index in [1.165, 1.54) is 43.7 Å². The number of rotatable bonds is 3. The molecule has 2 nitrogen and oxygen atoms in total. The van der Waals surface area contributed by atoms with Crippen molar-refractivity contribution in [3.8, 4) is 0 Å². The first kappa shape index (κ1) is 12.7. The summed E-state index contributed by atoms with van der Waals surface area (Å²) in [6.45, 7) is 6.81. The minimum Gasteiger partial charge on any atom is -0.329 e. The minimum absolute atomic E-state index is 0.348. The van der Waals surface area contributed by atoms with Gasteiger partial charge in [0.25, 0.3) is 0 Å². The van der Waals surface area contributed by atoms with Gasteiger partial charge in [-0.2, -0.15) is 11.8 Å². The van der Waals surface area contributed by atoms with Crippen molar-refractivity contribution in [1.82, 2.24) is 4.90 Å². The van der Waals surface area contributed by atoms with Gasteiger partial charge in [-0.3, -0.25) is 4.90 Å². The fraction of sp³-hybridized carbons (Fsp3) is 1.00. The van der Waals surface area contributed by atoms with E-state index in [9.17, 15) is 0 Å². The van der Waals surface area contributed by atoms with Gasteiger partial charge in [-0.05, 0) is 32.1 Å². The molecule has 2 rings (SSSR count). The van der Waals surface area contributed by atoms with Gasteiger partial charge in [0.15, 0.2) is 0 Å². The highest BCUT2D eigenvalue weighted by molar-refractivity contribution is 7.99. The fourth-order valence-electron chi connectivity index (χ4n) is 3.56. The van der Waals surface area contributed by atoms with Crippen LogP contribution in [0.2, 0.25) is 0 Å². The molecule has 2 fully saturated rings. The molecular weight excluding hydrogens is 216 g/mol. The van der Waals surface area contributed by atoms with E-state index in [2.05, 4.69) is 30.5 Å². The Morgan fingerprint density at radius 2 is 2.31 bits per heavy atom. The van der Waals surface area contributed by atoms with Gasteiger partial charge in [-0.1, -0.05) is 13.3 Å². The summed E-state index contributed by atoms with van der Waals surface area (Å²) < 4.78 is 0. The number of hydrogen-bond donors (Lipinski definition) is 1. The number of hydrogen-bond acceptors (Lipinski definition) is 3. The van der Waals surface area contributed by atoms with Crippen molar-refractivity contribution in [3.63, 3.8) is 0 Å². The molecule has 3 unspecified atom stereocenters. The smallest absolute Gasteiger partial charge is 0.0337 e. The Kier molecular flexibility index (Phi) is 4.20. The molecule has 1 saturated carbocycles. The second-order valence-electron chi connectivity index (χ2n) is 5.56. The summed E-state index contributed by atoms with van der Waals surface area (Å²) in [7, 11) is 0. The zero-order valence-corrected chi connectivity index (χ0v) is 11.6. The van der Waals surface area contributed by atoms with Gasteiger partial charge in [0.1, 0.15) is 0 Å². The summed E-state index contributed by atoms with van der Waals surface area (Å²) in [6.07, 6.45) is 5.40. The summed E-state index contributed by atoms with van der Waals surface area (Å²) in [4.78, 5) is 2.74. The molecule has 1 heterocycles. The summed E-state index contributed by atoms with van der Waals surface area (Å²) in [6, 6.07) is 0.720. The first-order valence-corrected chi connectivity index (χ1v) is 7.92. The van der Waals surface area contributed by atoms with Crippen molar-refractivity contribution in [2.75, 3.05) is 24.6 Å². The van der Waals surface area contributed by atoms with E-state index < -0.39 is 0 Å².